The number of hydrogen-bond donors (Lipinski definition) is 1. The number of halogens is 1. The Morgan fingerprint density at radius 2 is 2.00 bits per heavy atom. The van der Waals surface area contributed by atoms with Gasteiger partial charge in [0.15, 0.2) is 0 Å². The minimum Gasteiger partial charge on any atom is -0.487 e. The Hall–Kier alpha value is -1.09. The van der Waals surface area contributed by atoms with Crippen LogP contribution in [0.3, 0.4) is 0 Å². The lowest BCUT2D eigenvalue weighted by molar-refractivity contribution is 0.0167. The van der Waals surface area contributed by atoms with E-state index in [1.807, 2.05) is 6.07 Å². The van der Waals surface area contributed by atoms with Crippen LogP contribution in [0.5, 0.6) is 5.75 Å². The Labute approximate surface area is 94.8 Å². The summed E-state index contributed by atoms with van der Waals surface area (Å²) in [4.78, 5) is 0. The van der Waals surface area contributed by atoms with Crippen molar-refractivity contribution in [2.24, 2.45) is 0 Å². The van der Waals surface area contributed by atoms with Crippen LogP contribution in [0.25, 0.3) is 0 Å². The molecule has 0 aromatic heterocycles. The van der Waals surface area contributed by atoms with Crippen molar-refractivity contribution in [2.75, 3.05) is 13.1 Å². The van der Waals surface area contributed by atoms with Gasteiger partial charge >= 0.3 is 0 Å². The second-order valence-corrected chi connectivity index (χ2v) is 4.79. The van der Waals surface area contributed by atoms with Crippen molar-refractivity contribution in [1.82, 2.24) is 5.32 Å². The van der Waals surface area contributed by atoms with Gasteiger partial charge in [-0.3, -0.25) is 0 Å². The first-order chi connectivity index (χ1) is 7.77. The van der Waals surface area contributed by atoms with E-state index in [0.717, 1.165) is 50.1 Å². The molecular formula is C13H16FNO. The number of rotatable bonds is 0. The number of benzene rings is 1. The lowest BCUT2D eigenvalue weighted by atomic mass is 9.84. The average molecular weight is 221 g/mol. The first kappa shape index (κ1) is 10.1. The molecule has 2 aliphatic rings. The van der Waals surface area contributed by atoms with Gasteiger partial charge < -0.3 is 10.1 Å². The van der Waals surface area contributed by atoms with Crippen molar-refractivity contribution >= 4 is 0 Å². The zero-order chi connectivity index (χ0) is 11.0. The number of ether oxygens (including phenoxy) is 1. The van der Waals surface area contributed by atoms with E-state index in [2.05, 4.69) is 5.32 Å². The third kappa shape index (κ3) is 1.69. The van der Waals surface area contributed by atoms with Gasteiger partial charge in [0.05, 0.1) is 0 Å². The molecule has 0 bridgehead atoms. The molecule has 1 aromatic rings. The van der Waals surface area contributed by atoms with Crippen LogP contribution in [0, 0.1) is 5.82 Å². The highest BCUT2D eigenvalue weighted by Gasteiger charge is 2.37. The van der Waals surface area contributed by atoms with Gasteiger partial charge in [0.1, 0.15) is 17.2 Å². The highest BCUT2D eigenvalue weighted by molar-refractivity contribution is 5.36. The third-order valence-corrected chi connectivity index (χ3v) is 3.72. The molecule has 2 aliphatic heterocycles. The third-order valence-electron chi connectivity index (χ3n) is 3.72. The summed E-state index contributed by atoms with van der Waals surface area (Å²) in [5.74, 6) is 0.554. The average Bonchev–Trinajstić information content (AvgIpc) is 2.29. The lowest BCUT2D eigenvalue weighted by Gasteiger charge is -2.41. The maximum Gasteiger partial charge on any atom is 0.126 e. The van der Waals surface area contributed by atoms with E-state index in [-0.39, 0.29) is 11.4 Å². The highest BCUT2D eigenvalue weighted by atomic mass is 19.1. The van der Waals surface area contributed by atoms with Gasteiger partial charge in [-0.05, 0) is 50.4 Å². The predicted octanol–water partition coefficient (Wildman–Crippen LogP) is 2.27. The molecule has 3 heteroatoms. The van der Waals surface area contributed by atoms with Crippen molar-refractivity contribution in [1.29, 1.82) is 0 Å². The topological polar surface area (TPSA) is 21.3 Å². The number of nitrogens with one attached hydrogen (secondary N) is 1. The number of aryl methyl sites for hydroxylation is 1. The minimum atomic E-state index is -0.204. The molecule has 1 saturated heterocycles. The Morgan fingerprint density at radius 3 is 2.81 bits per heavy atom. The minimum absolute atomic E-state index is 0.0357. The van der Waals surface area contributed by atoms with Crippen LogP contribution >= 0.6 is 0 Å². The van der Waals surface area contributed by atoms with Crippen LogP contribution in [0.1, 0.15) is 24.8 Å². The van der Waals surface area contributed by atoms with E-state index in [0.29, 0.717) is 0 Å². The molecular weight excluding hydrogens is 205 g/mol. The maximum absolute atomic E-state index is 13.2. The van der Waals surface area contributed by atoms with Gasteiger partial charge in [0.2, 0.25) is 0 Å². The molecule has 1 N–H and O–H groups in total. The van der Waals surface area contributed by atoms with E-state index in [9.17, 15) is 4.39 Å². The second kappa shape index (κ2) is 3.74. The summed E-state index contributed by atoms with van der Waals surface area (Å²) in [6.45, 7) is 2.01. The molecule has 2 nitrogen and oxygen atoms in total. The lowest BCUT2D eigenvalue weighted by Crippen LogP contribution is -2.48. The molecule has 86 valence electrons. The Bertz CT molecular complexity index is 399. The summed E-state index contributed by atoms with van der Waals surface area (Å²) in [7, 11) is 0. The van der Waals surface area contributed by atoms with E-state index in [1.54, 1.807) is 0 Å². The van der Waals surface area contributed by atoms with Gasteiger partial charge in [-0.15, -0.1) is 0 Å². The Balaban J connectivity index is 1.89. The molecule has 0 aliphatic carbocycles. The number of piperidine rings is 1. The van der Waals surface area contributed by atoms with E-state index >= 15 is 0 Å². The molecule has 0 unspecified atom stereocenters. The van der Waals surface area contributed by atoms with Crippen LogP contribution in [0.2, 0.25) is 0 Å². The second-order valence-electron chi connectivity index (χ2n) is 4.79. The van der Waals surface area contributed by atoms with Gasteiger partial charge in [0, 0.05) is 6.07 Å². The van der Waals surface area contributed by atoms with Crippen molar-refractivity contribution in [3.63, 3.8) is 0 Å². The molecule has 2 heterocycles. The molecule has 1 fully saturated rings. The fourth-order valence-electron chi connectivity index (χ4n) is 2.71. The van der Waals surface area contributed by atoms with Crippen LogP contribution in [-0.2, 0) is 6.42 Å². The van der Waals surface area contributed by atoms with Crippen LogP contribution < -0.4 is 10.1 Å². The fourth-order valence-corrected chi connectivity index (χ4v) is 2.71. The number of fused-ring (bicyclic) bond motifs is 1. The smallest absolute Gasteiger partial charge is 0.126 e. The first-order valence-electron chi connectivity index (χ1n) is 5.96. The zero-order valence-corrected chi connectivity index (χ0v) is 9.26. The summed E-state index contributed by atoms with van der Waals surface area (Å²) in [6, 6.07) is 4.89. The van der Waals surface area contributed by atoms with Gasteiger partial charge in [-0.25, -0.2) is 4.39 Å². The van der Waals surface area contributed by atoms with Crippen molar-refractivity contribution in [3.8, 4) is 5.75 Å². The monoisotopic (exact) mass is 221 g/mol. The van der Waals surface area contributed by atoms with E-state index < -0.39 is 0 Å². The van der Waals surface area contributed by atoms with Crippen molar-refractivity contribution in [2.45, 2.75) is 31.3 Å². The maximum atomic E-state index is 13.2. The molecule has 1 aromatic carbocycles. The van der Waals surface area contributed by atoms with Crippen molar-refractivity contribution in [3.05, 3.63) is 29.6 Å². The summed E-state index contributed by atoms with van der Waals surface area (Å²) in [5.41, 5.74) is 1.11. The molecule has 1 spiro atoms. The summed E-state index contributed by atoms with van der Waals surface area (Å²) in [6.07, 6.45) is 4.13. The van der Waals surface area contributed by atoms with E-state index in [1.165, 1.54) is 12.1 Å². The first-order valence-corrected chi connectivity index (χ1v) is 5.96. The summed E-state index contributed by atoms with van der Waals surface area (Å²) >= 11 is 0. The standard InChI is InChI=1S/C13H16FNO/c14-11-2-1-10-3-4-13(16-12(10)9-11)5-7-15-8-6-13/h1-2,9,15H,3-8H2. The van der Waals surface area contributed by atoms with Crippen LogP contribution in [-0.4, -0.2) is 18.7 Å². The Kier molecular flexibility index (Phi) is 2.36. The molecule has 16 heavy (non-hydrogen) atoms. The zero-order valence-electron chi connectivity index (χ0n) is 9.26. The molecule has 0 radical (unpaired) electrons. The van der Waals surface area contributed by atoms with Crippen LogP contribution in [0.4, 0.5) is 4.39 Å². The van der Waals surface area contributed by atoms with Gasteiger partial charge in [0.25, 0.3) is 0 Å². The van der Waals surface area contributed by atoms with Crippen LogP contribution in [0.15, 0.2) is 18.2 Å². The Morgan fingerprint density at radius 1 is 1.19 bits per heavy atom. The normalized spacial score (nSPS) is 22.6. The molecule has 3 rings (SSSR count). The fraction of sp³-hybridized carbons (Fsp3) is 0.538. The predicted molar refractivity (Wildman–Crippen MR) is 60.2 cm³/mol. The van der Waals surface area contributed by atoms with Gasteiger partial charge in [-0.1, -0.05) is 6.07 Å². The van der Waals surface area contributed by atoms with Gasteiger partial charge in [-0.2, -0.15) is 0 Å². The quantitative estimate of drug-likeness (QED) is 0.725. The largest absolute Gasteiger partial charge is 0.487 e. The summed E-state index contributed by atoms with van der Waals surface area (Å²) < 4.78 is 19.2. The SMILES string of the molecule is Fc1ccc2c(c1)OC1(CCNCC1)CC2. The molecule has 0 amide bonds. The molecule has 0 saturated carbocycles. The van der Waals surface area contributed by atoms with Crippen molar-refractivity contribution < 1.29 is 9.13 Å². The summed E-state index contributed by atoms with van der Waals surface area (Å²) in [5, 5.41) is 3.34. The highest BCUT2D eigenvalue weighted by Crippen LogP contribution is 2.38. The number of hydrogen-bond acceptors (Lipinski definition) is 2. The molecule has 0 atom stereocenters. The van der Waals surface area contributed by atoms with E-state index in [4.69, 9.17) is 4.74 Å².